The Balaban J connectivity index is 1.90. The maximum absolute atomic E-state index is 9.30. The van der Waals surface area contributed by atoms with Gasteiger partial charge in [-0.05, 0) is 42.4 Å². The molecule has 3 nitrogen and oxygen atoms in total. The molecule has 1 heterocycles. The van der Waals surface area contributed by atoms with Gasteiger partial charge in [-0.2, -0.15) is 5.26 Å². The average Bonchev–Trinajstić information content (AvgIpc) is 2.37. The number of hydrogen-bond acceptors (Lipinski definition) is 3. The minimum Gasteiger partial charge on any atom is -0.378 e. The number of nitrogens with two attached hydrogens (primary N) is 1. The van der Waals surface area contributed by atoms with E-state index < -0.39 is 5.41 Å². The van der Waals surface area contributed by atoms with Gasteiger partial charge in [0.05, 0.1) is 25.3 Å². The molecule has 0 spiro atoms. The summed E-state index contributed by atoms with van der Waals surface area (Å²) in [7, 11) is 0. The second-order valence-electron chi connectivity index (χ2n) is 5.47. The highest BCUT2D eigenvalue weighted by Crippen LogP contribution is 2.39. The van der Waals surface area contributed by atoms with Gasteiger partial charge in [-0.1, -0.05) is 18.2 Å². The number of fused-ring (bicyclic) bond motifs is 1. The van der Waals surface area contributed by atoms with Crippen molar-refractivity contribution in [2.24, 2.45) is 11.1 Å². The van der Waals surface area contributed by atoms with E-state index in [4.69, 9.17) is 10.5 Å². The summed E-state index contributed by atoms with van der Waals surface area (Å²) in [6, 6.07) is 8.59. The van der Waals surface area contributed by atoms with Crippen molar-refractivity contribution >= 4 is 0 Å². The Morgan fingerprint density at radius 1 is 1.22 bits per heavy atom. The number of ether oxygens (including phenoxy) is 1. The summed E-state index contributed by atoms with van der Waals surface area (Å²) in [6.07, 6.45) is 4.87. The number of hydrogen-bond donors (Lipinski definition) is 1. The lowest BCUT2D eigenvalue weighted by molar-refractivity contribution is -0.0910. The predicted octanol–water partition coefficient (Wildman–Crippen LogP) is 2.11. The Morgan fingerprint density at radius 3 is 2.56 bits per heavy atom. The lowest BCUT2D eigenvalue weighted by atomic mass is 9.76. The molecule has 2 aliphatic rings. The van der Waals surface area contributed by atoms with E-state index in [1.165, 1.54) is 30.4 Å². The van der Waals surface area contributed by atoms with E-state index in [0.29, 0.717) is 13.2 Å². The normalized spacial score (nSPS) is 22.4. The van der Waals surface area contributed by atoms with Gasteiger partial charge in [0, 0.05) is 0 Å². The third-order valence-corrected chi connectivity index (χ3v) is 4.27. The van der Waals surface area contributed by atoms with Crippen molar-refractivity contribution in [2.75, 3.05) is 13.2 Å². The standard InChI is InChI=1S/C15H18N2O/c16-8-15(9-18-10-15)14(17)13-6-5-11-3-1-2-4-12(11)7-13/h5-7,14H,1-4,9-10,17H2. The first-order chi connectivity index (χ1) is 8.75. The summed E-state index contributed by atoms with van der Waals surface area (Å²) in [5.41, 5.74) is 9.72. The zero-order valence-corrected chi connectivity index (χ0v) is 10.5. The number of benzene rings is 1. The largest absolute Gasteiger partial charge is 0.378 e. The van der Waals surface area contributed by atoms with Crippen LogP contribution in [0.3, 0.4) is 0 Å². The quantitative estimate of drug-likeness (QED) is 0.864. The number of nitrogens with zero attached hydrogens (tertiary/aromatic N) is 1. The monoisotopic (exact) mass is 242 g/mol. The molecule has 2 N–H and O–H groups in total. The van der Waals surface area contributed by atoms with Crippen LogP contribution in [0.4, 0.5) is 0 Å². The van der Waals surface area contributed by atoms with Crippen LogP contribution in [0, 0.1) is 16.7 Å². The van der Waals surface area contributed by atoms with Gasteiger partial charge in [0.1, 0.15) is 5.41 Å². The highest BCUT2D eigenvalue weighted by atomic mass is 16.5. The van der Waals surface area contributed by atoms with E-state index in [1.807, 2.05) is 0 Å². The SMILES string of the molecule is N#CC1(C(N)c2ccc3c(c2)CCCC3)COC1. The van der Waals surface area contributed by atoms with Crippen molar-refractivity contribution in [1.82, 2.24) is 0 Å². The number of nitriles is 1. The Labute approximate surface area is 108 Å². The molecule has 1 aliphatic carbocycles. The van der Waals surface area contributed by atoms with Crippen molar-refractivity contribution in [3.63, 3.8) is 0 Å². The fraction of sp³-hybridized carbons (Fsp3) is 0.533. The second kappa shape index (κ2) is 4.38. The lowest BCUT2D eigenvalue weighted by Crippen LogP contribution is -2.49. The zero-order chi connectivity index (χ0) is 12.6. The summed E-state index contributed by atoms with van der Waals surface area (Å²) < 4.78 is 5.18. The molecular weight excluding hydrogens is 224 g/mol. The molecule has 1 saturated heterocycles. The van der Waals surface area contributed by atoms with Gasteiger partial charge in [-0.15, -0.1) is 0 Å². The minimum atomic E-state index is -0.511. The third kappa shape index (κ3) is 1.73. The average molecular weight is 242 g/mol. The van der Waals surface area contributed by atoms with Crippen LogP contribution in [0.25, 0.3) is 0 Å². The van der Waals surface area contributed by atoms with Crippen LogP contribution in [-0.2, 0) is 17.6 Å². The molecule has 1 aromatic rings. The molecule has 0 saturated carbocycles. The van der Waals surface area contributed by atoms with Crippen LogP contribution in [0.5, 0.6) is 0 Å². The Kier molecular flexibility index (Phi) is 2.85. The van der Waals surface area contributed by atoms with Crippen molar-refractivity contribution in [3.05, 3.63) is 34.9 Å². The molecule has 1 aliphatic heterocycles. The zero-order valence-electron chi connectivity index (χ0n) is 10.5. The maximum Gasteiger partial charge on any atom is 0.123 e. The second-order valence-corrected chi connectivity index (χ2v) is 5.47. The van der Waals surface area contributed by atoms with Crippen LogP contribution < -0.4 is 5.73 Å². The fourth-order valence-electron chi connectivity index (χ4n) is 2.90. The molecule has 18 heavy (non-hydrogen) atoms. The van der Waals surface area contributed by atoms with Gasteiger partial charge in [0.2, 0.25) is 0 Å². The summed E-state index contributed by atoms with van der Waals surface area (Å²) in [5.74, 6) is 0. The first-order valence-electron chi connectivity index (χ1n) is 6.61. The summed E-state index contributed by atoms with van der Waals surface area (Å²) in [6.45, 7) is 0.920. The minimum absolute atomic E-state index is 0.233. The molecule has 3 heteroatoms. The highest BCUT2D eigenvalue weighted by Gasteiger charge is 2.45. The maximum atomic E-state index is 9.30. The molecule has 1 unspecified atom stereocenters. The molecule has 0 bridgehead atoms. The van der Waals surface area contributed by atoms with Gasteiger partial charge in [-0.25, -0.2) is 0 Å². The van der Waals surface area contributed by atoms with Crippen LogP contribution in [0.2, 0.25) is 0 Å². The van der Waals surface area contributed by atoms with Crippen molar-refractivity contribution in [1.29, 1.82) is 5.26 Å². The van der Waals surface area contributed by atoms with Crippen LogP contribution in [0.15, 0.2) is 18.2 Å². The predicted molar refractivity (Wildman–Crippen MR) is 68.9 cm³/mol. The third-order valence-electron chi connectivity index (χ3n) is 4.27. The Bertz CT molecular complexity index is 500. The molecule has 1 fully saturated rings. The number of rotatable bonds is 2. The smallest absolute Gasteiger partial charge is 0.123 e. The van der Waals surface area contributed by atoms with Crippen molar-refractivity contribution in [3.8, 4) is 6.07 Å². The van der Waals surface area contributed by atoms with Gasteiger partial charge >= 0.3 is 0 Å². The van der Waals surface area contributed by atoms with E-state index >= 15 is 0 Å². The molecule has 1 atom stereocenters. The molecule has 0 aromatic heterocycles. The van der Waals surface area contributed by atoms with Crippen molar-refractivity contribution < 1.29 is 4.74 Å². The van der Waals surface area contributed by atoms with E-state index in [0.717, 1.165) is 12.0 Å². The summed E-state index contributed by atoms with van der Waals surface area (Å²) in [4.78, 5) is 0. The molecule has 1 aromatic carbocycles. The Hall–Kier alpha value is -1.37. The fourth-order valence-corrected chi connectivity index (χ4v) is 2.90. The van der Waals surface area contributed by atoms with E-state index in [-0.39, 0.29) is 6.04 Å². The van der Waals surface area contributed by atoms with E-state index in [2.05, 4.69) is 24.3 Å². The topological polar surface area (TPSA) is 59.0 Å². The van der Waals surface area contributed by atoms with Crippen LogP contribution in [-0.4, -0.2) is 13.2 Å². The Morgan fingerprint density at radius 2 is 1.94 bits per heavy atom. The van der Waals surface area contributed by atoms with Crippen LogP contribution >= 0.6 is 0 Å². The van der Waals surface area contributed by atoms with Gasteiger partial charge < -0.3 is 10.5 Å². The van der Waals surface area contributed by atoms with Crippen LogP contribution in [0.1, 0.15) is 35.6 Å². The number of aryl methyl sites for hydroxylation is 2. The molecule has 0 radical (unpaired) electrons. The van der Waals surface area contributed by atoms with Gasteiger partial charge in [0.25, 0.3) is 0 Å². The van der Waals surface area contributed by atoms with E-state index in [9.17, 15) is 5.26 Å². The molecule has 3 rings (SSSR count). The van der Waals surface area contributed by atoms with Crippen molar-refractivity contribution in [2.45, 2.75) is 31.7 Å². The first-order valence-corrected chi connectivity index (χ1v) is 6.61. The molecule has 94 valence electrons. The van der Waals surface area contributed by atoms with E-state index in [1.54, 1.807) is 0 Å². The highest BCUT2D eigenvalue weighted by molar-refractivity contribution is 5.37. The molecule has 0 amide bonds. The first kappa shape index (κ1) is 11.7. The summed E-state index contributed by atoms with van der Waals surface area (Å²) in [5, 5.41) is 9.30. The molecular formula is C15H18N2O. The lowest BCUT2D eigenvalue weighted by Gasteiger charge is -2.40. The van der Waals surface area contributed by atoms with Gasteiger partial charge in [-0.3, -0.25) is 0 Å². The van der Waals surface area contributed by atoms with Gasteiger partial charge in [0.15, 0.2) is 0 Å². The summed E-state index contributed by atoms with van der Waals surface area (Å²) >= 11 is 0.